The van der Waals surface area contributed by atoms with Crippen LogP contribution in [0.25, 0.3) is 10.9 Å². The summed E-state index contributed by atoms with van der Waals surface area (Å²) in [6.07, 6.45) is 1.46. The van der Waals surface area contributed by atoms with E-state index in [9.17, 15) is 9.59 Å². The minimum absolute atomic E-state index is 0.0818. The van der Waals surface area contributed by atoms with E-state index in [2.05, 4.69) is 24.2 Å². The monoisotopic (exact) mass is 447 g/mol. The van der Waals surface area contributed by atoms with Gasteiger partial charge >= 0.3 is 0 Å². The first-order valence-corrected chi connectivity index (χ1v) is 11.5. The van der Waals surface area contributed by atoms with Gasteiger partial charge in [-0.25, -0.2) is 9.67 Å². The fourth-order valence-corrected chi connectivity index (χ4v) is 4.70. The number of aromatic nitrogens is 4. The molecule has 1 unspecified atom stereocenters. The van der Waals surface area contributed by atoms with Crippen LogP contribution in [-0.4, -0.2) is 31.0 Å². The van der Waals surface area contributed by atoms with Gasteiger partial charge in [-0.2, -0.15) is 0 Å². The van der Waals surface area contributed by atoms with Gasteiger partial charge in [0.15, 0.2) is 5.16 Å². The number of benzene rings is 2. The molecule has 0 saturated carbocycles. The van der Waals surface area contributed by atoms with Crippen LogP contribution in [0.2, 0.25) is 0 Å². The van der Waals surface area contributed by atoms with Crippen molar-refractivity contribution in [3.8, 4) is 0 Å². The van der Waals surface area contributed by atoms with Crippen molar-refractivity contribution in [1.82, 2.24) is 19.3 Å². The highest BCUT2D eigenvalue weighted by atomic mass is 32.2. The van der Waals surface area contributed by atoms with Gasteiger partial charge in [-0.1, -0.05) is 61.2 Å². The highest BCUT2D eigenvalue weighted by Crippen LogP contribution is 2.25. The summed E-state index contributed by atoms with van der Waals surface area (Å²) in [6.45, 7) is 3.84. The van der Waals surface area contributed by atoms with Crippen LogP contribution in [0.3, 0.4) is 0 Å². The van der Waals surface area contributed by atoms with E-state index in [0.717, 1.165) is 12.0 Å². The Morgan fingerprint density at radius 3 is 2.53 bits per heavy atom. The number of nitrogen functional groups attached to an aromatic ring is 1. The molecule has 0 amide bonds. The summed E-state index contributed by atoms with van der Waals surface area (Å²) < 4.78 is 3.05. The fraction of sp³-hybridized carbons (Fsp3) is 0.250. The summed E-state index contributed by atoms with van der Waals surface area (Å²) in [5.74, 6) is 0.180. The Hall–Kier alpha value is -3.39. The number of hydrogen-bond donors (Lipinski definition) is 1. The van der Waals surface area contributed by atoms with Crippen molar-refractivity contribution >= 4 is 34.4 Å². The first kappa shape index (κ1) is 21.8. The van der Waals surface area contributed by atoms with Crippen molar-refractivity contribution in [3.05, 3.63) is 82.3 Å². The minimum atomic E-state index is -0.214. The first-order chi connectivity index (χ1) is 15.5. The van der Waals surface area contributed by atoms with E-state index in [1.807, 2.05) is 36.4 Å². The third-order valence-corrected chi connectivity index (χ3v) is 6.33. The molecule has 2 N–H and O–H groups in total. The van der Waals surface area contributed by atoms with E-state index in [1.165, 1.54) is 16.4 Å². The zero-order valence-electron chi connectivity index (χ0n) is 18.1. The molecule has 0 radical (unpaired) electrons. The standard InChI is InChI=1S/C24H25N5O2S/c1-3-18(14-17-9-5-4-6-10-17)28-23(31)19-11-7-8-12-20(19)26-24(28)32-15-22(30)29-16(2)13-21(25)27-29/h4-13,18H,3,14-15H2,1-2H3,(H2,25,27). The Labute approximate surface area is 190 Å². The predicted molar refractivity (Wildman–Crippen MR) is 128 cm³/mol. The lowest BCUT2D eigenvalue weighted by molar-refractivity contribution is 0.0924. The molecule has 4 aromatic rings. The molecule has 0 fully saturated rings. The van der Waals surface area contributed by atoms with Crippen molar-refractivity contribution in [3.63, 3.8) is 0 Å². The van der Waals surface area contributed by atoms with E-state index >= 15 is 0 Å². The number of nitrogens with two attached hydrogens (primary N) is 1. The molecule has 0 spiro atoms. The molecule has 8 heteroatoms. The summed E-state index contributed by atoms with van der Waals surface area (Å²) in [7, 11) is 0. The van der Waals surface area contributed by atoms with Gasteiger partial charge in [-0.15, -0.1) is 5.10 Å². The SMILES string of the molecule is CCC(Cc1ccccc1)n1c(SCC(=O)n2nc(N)cc2C)nc2ccccc2c1=O. The molecule has 0 saturated heterocycles. The van der Waals surface area contributed by atoms with E-state index in [4.69, 9.17) is 10.7 Å². The van der Waals surface area contributed by atoms with Gasteiger partial charge in [0, 0.05) is 17.8 Å². The van der Waals surface area contributed by atoms with Gasteiger partial charge in [0.2, 0.25) is 0 Å². The summed E-state index contributed by atoms with van der Waals surface area (Å²) >= 11 is 1.25. The highest BCUT2D eigenvalue weighted by molar-refractivity contribution is 7.99. The van der Waals surface area contributed by atoms with Crippen molar-refractivity contribution in [2.75, 3.05) is 11.5 Å². The Morgan fingerprint density at radius 1 is 1.12 bits per heavy atom. The summed E-state index contributed by atoms with van der Waals surface area (Å²) in [6, 6.07) is 19.0. The molecule has 4 rings (SSSR count). The molecule has 164 valence electrons. The Balaban J connectivity index is 1.72. The summed E-state index contributed by atoms with van der Waals surface area (Å²) in [5.41, 5.74) is 8.07. The molecule has 0 aliphatic carbocycles. The van der Waals surface area contributed by atoms with Crippen LogP contribution in [0.5, 0.6) is 0 Å². The van der Waals surface area contributed by atoms with Gasteiger partial charge in [0.25, 0.3) is 11.5 Å². The third kappa shape index (κ3) is 4.45. The molecule has 32 heavy (non-hydrogen) atoms. The van der Waals surface area contributed by atoms with E-state index in [0.29, 0.717) is 34.0 Å². The van der Waals surface area contributed by atoms with E-state index in [1.54, 1.807) is 23.6 Å². The maximum atomic E-state index is 13.5. The highest BCUT2D eigenvalue weighted by Gasteiger charge is 2.21. The molecule has 2 heterocycles. The lowest BCUT2D eigenvalue weighted by Crippen LogP contribution is -2.29. The van der Waals surface area contributed by atoms with Gasteiger partial charge in [0.1, 0.15) is 5.82 Å². The molecule has 7 nitrogen and oxygen atoms in total. The summed E-state index contributed by atoms with van der Waals surface area (Å²) in [4.78, 5) is 31.0. The van der Waals surface area contributed by atoms with E-state index < -0.39 is 0 Å². The number of para-hydroxylation sites is 1. The van der Waals surface area contributed by atoms with Crippen molar-refractivity contribution < 1.29 is 4.79 Å². The van der Waals surface area contributed by atoms with Crippen LogP contribution < -0.4 is 11.3 Å². The first-order valence-electron chi connectivity index (χ1n) is 10.5. The van der Waals surface area contributed by atoms with Crippen molar-refractivity contribution in [2.24, 2.45) is 0 Å². The fourth-order valence-electron chi connectivity index (χ4n) is 3.79. The number of aryl methyl sites for hydroxylation is 1. The second-order valence-corrected chi connectivity index (χ2v) is 8.59. The molecule has 1 atom stereocenters. The van der Waals surface area contributed by atoms with Crippen molar-refractivity contribution in [1.29, 1.82) is 0 Å². The topological polar surface area (TPSA) is 95.8 Å². The molecular formula is C24H25N5O2S. The number of anilines is 1. The number of carbonyl (C=O) groups excluding carboxylic acids is 1. The zero-order chi connectivity index (χ0) is 22.7. The number of rotatable bonds is 7. The van der Waals surface area contributed by atoms with Crippen LogP contribution in [0.15, 0.2) is 70.6 Å². The van der Waals surface area contributed by atoms with Crippen molar-refractivity contribution in [2.45, 2.75) is 37.9 Å². The van der Waals surface area contributed by atoms with Gasteiger partial charge in [0.05, 0.1) is 16.7 Å². The van der Waals surface area contributed by atoms with Gasteiger partial charge in [-0.3, -0.25) is 14.2 Å². The molecule has 0 aliphatic heterocycles. The number of nitrogens with zero attached hydrogens (tertiary/aromatic N) is 4. The summed E-state index contributed by atoms with van der Waals surface area (Å²) in [5, 5.41) is 5.17. The van der Waals surface area contributed by atoms with Crippen LogP contribution >= 0.6 is 11.8 Å². The smallest absolute Gasteiger partial charge is 0.262 e. The van der Waals surface area contributed by atoms with Gasteiger partial charge < -0.3 is 5.73 Å². The largest absolute Gasteiger partial charge is 0.382 e. The molecule has 0 aliphatic rings. The quantitative estimate of drug-likeness (QED) is 0.338. The Morgan fingerprint density at radius 2 is 1.84 bits per heavy atom. The molecular weight excluding hydrogens is 422 g/mol. The normalized spacial score (nSPS) is 12.2. The van der Waals surface area contributed by atoms with E-state index in [-0.39, 0.29) is 23.3 Å². The average molecular weight is 448 g/mol. The molecule has 0 bridgehead atoms. The van der Waals surface area contributed by atoms with Crippen LogP contribution in [0.1, 0.15) is 35.4 Å². The maximum Gasteiger partial charge on any atom is 0.262 e. The number of thioether (sulfide) groups is 1. The average Bonchev–Trinajstić information content (AvgIpc) is 3.15. The minimum Gasteiger partial charge on any atom is -0.382 e. The maximum absolute atomic E-state index is 13.5. The lowest BCUT2D eigenvalue weighted by atomic mass is 10.0. The van der Waals surface area contributed by atoms with Gasteiger partial charge in [-0.05, 0) is 37.5 Å². The zero-order valence-corrected chi connectivity index (χ0v) is 18.9. The lowest BCUT2D eigenvalue weighted by Gasteiger charge is -2.22. The number of carbonyl (C=O) groups is 1. The van der Waals surface area contributed by atoms with Crippen LogP contribution in [-0.2, 0) is 6.42 Å². The molecule has 2 aromatic carbocycles. The molecule has 2 aromatic heterocycles. The van der Waals surface area contributed by atoms with Crippen LogP contribution in [0, 0.1) is 6.92 Å². The second kappa shape index (κ2) is 9.40. The second-order valence-electron chi connectivity index (χ2n) is 7.64. The predicted octanol–water partition coefficient (Wildman–Crippen LogP) is 4.11. The Bertz CT molecular complexity index is 1310. The van der Waals surface area contributed by atoms with Crippen LogP contribution in [0.4, 0.5) is 5.82 Å². The Kier molecular flexibility index (Phi) is 6.41. The number of fused-ring (bicyclic) bond motifs is 1. The third-order valence-electron chi connectivity index (χ3n) is 5.39. The number of hydrogen-bond acceptors (Lipinski definition) is 6.